The summed E-state index contributed by atoms with van der Waals surface area (Å²) < 4.78 is 30.2. The zero-order chi connectivity index (χ0) is 14.8. The van der Waals surface area contributed by atoms with E-state index in [1.165, 1.54) is 12.1 Å². The quantitative estimate of drug-likeness (QED) is 0.772. The Morgan fingerprint density at radius 2 is 2.00 bits per heavy atom. The van der Waals surface area contributed by atoms with Gasteiger partial charge in [-0.2, -0.15) is 8.78 Å². The Morgan fingerprint density at radius 3 is 2.71 bits per heavy atom. The van der Waals surface area contributed by atoms with E-state index in [9.17, 15) is 8.78 Å². The van der Waals surface area contributed by atoms with Gasteiger partial charge >= 0.3 is 6.61 Å². The van der Waals surface area contributed by atoms with E-state index < -0.39 is 6.61 Å². The number of aromatic nitrogens is 3. The molecule has 1 aromatic carbocycles. The lowest BCUT2D eigenvalue weighted by atomic mass is 10.3. The Labute approximate surface area is 118 Å². The normalized spacial score (nSPS) is 11.0. The van der Waals surface area contributed by atoms with E-state index >= 15 is 0 Å². The second-order valence-corrected chi connectivity index (χ2v) is 4.20. The average Bonchev–Trinajstić information content (AvgIpc) is 2.88. The number of halogens is 2. The van der Waals surface area contributed by atoms with Gasteiger partial charge in [0, 0.05) is 18.1 Å². The molecule has 3 aromatic rings. The molecule has 0 aliphatic rings. The molecule has 3 N–H and O–H groups in total. The third kappa shape index (κ3) is 2.83. The minimum atomic E-state index is -2.84. The van der Waals surface area contributed by atoms with Gasteiger partial charge in [0.25, 0.3) is 0 Å². The molecule has 0 radical (unpaired) electrons. The second kappa shape index (κ2) is 5.23. The monoisotopic (exact) mass is 291 g/mol. The van der Waals surface area contributed by atoms with Crippen molar-refractivity contribution in [1.82, 2.24) is 14.4 Å². The Hall–Kier alpha value is -2.90. The maximum Gasteiger partial charge on any atom is 0.387 e. The Bertz CT molecular complexity index is 757. The Morgan fingerprint density at radius 1 is 1.24 bits per heavy atom. The number of nitrogens with zero attached hydrogens (tertiary/aromatic N) is 3. The Balaban J connectivity index is 1.86. The first-order valence-corrected chi connectivity index (χ1v) is 6.03. The van der Waals surface area contributed by atoms with E-state index in [2.05, 4.69) is 20.0 Å². The van der Waals surface area contributed by atoms with Crippen LogP contribution in [0.15, 0.2) is 42.9 Å². The molecule has 108 valence electrons. The zero-order valence-electron chi connectivity index (χ0n) is 10.7. The summed E-state index contributed by atoms with van der Waals surface area (Å²) in [6.07, 6.45) is 5.02. The van der Waals surface area contributed by atoms with E-state index in [0.717, 1.165) is 0 Å². The molecule has 2 aromatic heterocycles. The van der Waals surface area contributed by atoms with Gasteiger partial charge < -0.3 is 20.2 Å². The maximum atomic E-state index is 12.1. The lowest BCUT2D eigenvalue weighted by Crippen LogP contribution is -2.03. The van der Waals surface area contributed by atoms with E-state index in [4.69, 9.17) is 5.73 Å². The Kier molecular flexibility index (Phi) is 3.27. The molecule has 0 saturated heterocycles. The van der Waals surface area contributed by atoms with Crippen molar-refractivity contribution in [2.24, 2.45) is 0 Å². The number of nitrogens with one attached hydrogen (secondary N) is 1. The smallest absolute Gasteiger partial charge is 0.387 e. The minimum absolute atomic E-state index is 0.0852. The first-order chi connectivity index (χ1) is 10.1. The summed E-state index contributed by atoms with van der Waals surface area (Å²) in [5.74, 6) is 0.894. The van der Waals surface area contributed by atoms with Crippen molar-refractivity contribution in [2.75, 3.05) is 11.1 Å². The third-order valence-electron chi connectivity index (χ3n) is 2.73. The first kappa shape index (κ1) is 13.1. The molecule has 0 amide bonds. The van der Waals surface area contributed by atoms with Gasteiger partial charge in [0.05, 0.1) is 6.20 Å². The van der Waals surface area contributed by atoms with Gasteiger partial charge in [-0.1, -0.05) is 0 Å². The number of ether oxygens (including phenoxy) is 1. The molecule has 0 saturated carbocycles. The predicted octanol–water partition coefficient (Wildman–Crippen LogP) is 2.66. The van der Waals surface area contributed by atoms with Gasteiger partial charge in [0.15, 0.2) is 11.5 Å². The highest BCUT2D eigenvalue weighted by Crippen LogP contribution is 2.23. The van der Waals surface area contributed by atoms with Crippen LogP contribution in [0.3, 0.4) is 0 Å². The van der Waals surface area contributed by atoms with E-state index in [1.807, 2.05) is 0 Å². The molecule has 6 nitrogen and oxygen atoms in total. The number of hydrogen-bond acceptors (Lipinski definition) is 5. The van der Waals surface area contributed by atoms with Crippen molar-refractivity contribution in [3.63, 3.8) is 0 Å². The lowest BCUT2D eigenvalue weighted by molar-refractivity contribution is -0.0498. The molecule has 2 heterocycles. The molecule has 0 atom stereocenters. The fraction of sp³-hybridized carbons (Fsp3) is 0.0769. The molecule has 0 aliphatic heterocycles. The molecular formula is C13H11F2N5O. The van der Waals surface area contributed by atoms with Crippen molar-refractivity contribution in [3.8, 4) is 5.75 Å². The predicted molar refractivity (Wildman–Crippen MR) is 73.8 cm³/mol. The second-order valence-electron chi connectivity index (χ2n) is 4.20. The summed E-state index contributed by atoms with van der Waals surface area (Å²) in [5.41, 5.74) is 6.97. The van der Waals surface area contributed by atoms with Crippen LogP contribution in [0.25, 0.3) is 5.65 Å². The topological polar surface area (TPSA) is 77.5 Å². The van der Waals surface area contributed by atoms with E-state index in [-0.39, 0.29) is 5.75 Å². The highest BCUT2D eigenvalue weighted by Gasteiger charge is 2.07. The molecule has 8 heteroatoms. The first-order valence-electron chi connectivity index (χ1n) is 6.03. The van der Waals surface area contributed by atoms with Crippen molar-refractivity contribution in [3.05, 3.63) is 42.9 Å². The number of nitrogen functional groups attached to an aromatic ring is 1. The van der Waals surface area contributed by atoms with Crippen LogP contribution in [0.2, 0.25) is 0 Å². The molecule has 0 spiro atoms. The van der Waals surface area contributed by atoms with Gasteiger partial charge in [-0.15, -0.1) is 0 Å². The van der Waals surface area contributed by atoms with Gasteiger partial charge in [0.1, 0.15) is 11.6 Å². The van der Waals surface area contributed by atoms with Crippen LogP contribution < -0.4 is 15.8 Å². The number of rotatable bonds is 4. The van der Waals surface area contributed by atoms with Crippen LogP contribution in [0.5, 0.6) is 5.75 Å². The number of alkyl halides is 2. The van der Waals surface area contributed by atoms with Gasteiger partial charge in [-0.05, 0) is 24.3 Å². The van der Waals surface area contributed by atoms with E-state index in [1.54, 1.807) is 35.1 Å². The van der Waals surface area contributed by atoms with Crippen molar-refractivity contribution >= 4 is 23.0 Å². The van der Waals surface area contributed by atoms with Crippen molar-refractivity contribution < 1.29 is 13.5 Å². The van der Waals surface area contributed by atoms with Gasteiger partial charge in [-0.3, -0.25) is 0 Å². The number of imidazole rings is 1. The van der Waals surface area contributed by atoms with E-state index in [0.29, 0.717) is 23.0 Å². The molecule has 0 bridgehead atoms. The zero-order valence-corrected chi connectivity index (χ0v) is 10.7. The fourth-order valence-corrected chi connectivity index (χ4v) is 1.89. The molecular weight excluding hydrogens is 280 g/mol. The highest BCUT2D eigenvalue weighted by molar-refractivity contribution is 5.71. The summed E-state index contributed by atoms with van der Waals surface area (Å²) in [6.45, 7) is -2.84. The molecule has 21 heavy (non-hydrogen) atoms. The molecule has 3 rings (SSSR count). The third-order valence-corrected chi connectivity index (χ3v) is 2.73. The molecule has 0 fully saturated rings. The lowest BCUT2D eigenvalue weighted by Gasteiger charge is -2.09. The number of hydrogen-bond donors (Lipinski definition) is 2. The van der Waals surface area contributed by atoms with Crippen LogP contribution in [0, 0.1) is 0 Å². The minimum Gasteiger partial charge on any atom is -0.435 e. The maximum absolute atomic E-state index is 12.1. The highest BCUT2D eigenvalue weighted by atomic mass is 19.3. The van der Waals surface area contributed by atoms with Crippen LogP contribution in [0.1, 0.15) is 0 Å². The number of nitrogens with two attached hydrogens (primary N) is 1. The van der Waals surface area contributed by atoms with Crippen LogP contribution in [0.4, 0.5) is 26.1 Å². The van der Waals surface area contributed by atoms with Crippen molar-refractivity contribution in [2.45, 2.75) is 6.61 Å². The largest absolute Gasteiger partial charge is 0.435 e. The fourth-order valence-electron chi connectivity index (χ4n) is 1.89. The molecule has 0 aliphatic carbocycles. The molecule has 0 unspecified atom stereocenters. The summed E-state index contributed by atoms with van der Waals surface area (Å²) in [6, 6.07) is 6.07. The average molecular weight is 291 g/mol. The summed E-state index contributed by atoms with van der Waals surface area (Å²) >= 11 is 0. The standard InChI is InChI=1S/C13H11F2N5O/c14-13(15)21-9-3-1-8(2-4-9)18-11-12-17-5-6-20(12)7-10(16)19-11/h1-7,13H,16H2,(H,18,19). The van der Waals surface area contributed by atoms with Crippen molar-refractivity contribution in [1.29, 1.82) is 0 Å². The number of fused-ring (bicyclic) bond motifs is 1. The van der Waals surface area contributed by atoms with Gasteiger partial charge in [0.2, 0.25) is 0 Å². The SMILES string of the molecule is Nc1cn2ccnc2c(Nc2ccc(OC(F)F)cc2)n1. The summed E-state index contributed by atoms with van der Waals surface area (Å²) in [5, 5.41) is 3.04. The van der Waals surface area contributed by atoms with Crippen LogP contribution >= 0.6 is 0 Å². The van der Waals surface area contributed by atoms with Gasteiger partial charge in [-0.25, -0.2) is 9.97 Å². The summed E-state index contributed by atoms with van der Waals surface area (Å²) in [4.78, 5) is 8.34. The number of anilines is 3. The number of benzene rings is 1. The van der Waals surface area contributed by atoms with Crippen LogP contribution in [-0.2, 0) is 0 Å². The summed E-state index contributed by atoms with van der Waals surface area (Å²) in [7, 11) is 0. The van der Waals surface area contributed by atoms with Crippen LogP contribution in [-0.4, -0.2) is 21.0 Å².